The molecule has 4 N–H and O–H groups in total. The predicted molar refractivity (Wildman–Crippen MR) is 114 cm³/mol. The molecule has 17 heteroatoms. The predicted octanol–water partition coefficient (Wildman–Crippen LogP) is 3.23. The van der Waals surface area contributed by atoms with Gasteiger partial charge in [0.2, 0.25) is 0 Å². The molecule has 10 nitrogen and oxygen atoms in total. The molecule has 0 spiro atoms. The monoisotopic (exact) mass is 552 g/mol. The van der Waals surface area contributed by atoms with Gasteiger partial charge >= 0.3 is 34.8 Å². The number of hydrogen-bond donors (Lipinski definition) is 3. The third-order valence-electron chi connectivity index (χ3n) is 4.35. The maximum absolute atomic E-state index is 12.5. The zero-order valence-electron chi connectivity index (χ0n) is 19.4. The number of benzene rings is 1. The number of nitrogens with one attached hydrogen (secondary N) is 1. The molecule has 0 bridgehead atoms. The lowest BCUT2D eigenvalue weighted by atomic mass is 10.0. The van der Waals surface area contributed by atoms with Gasteiger partial charge in [-0.2, -0.15) is 39.5 Å². The molecule has 0 saturated carbocycles. The largest absolute Gasteiger partial charge is 0.444 e. The number of carbonyl (C=O) groups is 2. The van der Waals surface area contributed by atoms with Crippen LogP contribution in [-0.2, 0) is 33.9 Å². The number of urea groups is 1. The van der Waals surface area contributed by atoms with Gasteiger partial charge in [-0.3, -0.25) is 4.55 Å². The van der Waals surface area contributed by atoms with Gasteiger partial charge in [-0.05, 0) is 44.5 Å². The third kappa shape index (κ3) is 11.3. The zero-order chi connectivity index (χ0) is 28.1. The highest BCUT2D eigenvalue weighted by Crippen LogP contribution is 2.36. The average Bonchev–Trinajstić information content (AvgIpc) is 2.69. The lowest BCUT2D eigenvalue weighted by Gasteiger charge is -2.34. The van der Waals surface area contributed by atoms with Gasteiger partial charge < -0.3 is 20.3 Å². The van der Waals surface area contributed by atoms with Gasteiger partial charge in [-0.25, -0.2) is 9.59 Å². The number of halogens is 6. The van der Waals surface area contributed by atoms with Crippen LogP contribution < -0.4 is 10.5 Å². The first kappa shape index (κ1) is 31.2. The first-order valence-electron chi connectivity index (χ1n) is 10.1. The number of rotatable bonds is 3. The fourth-order valence-corrected chi connectivity index (χ4v) is 3.08. The molecule has 2 rings (SSSR count). The summed E-state index contributed by atoms with van der Waals surface area (Å²) in [4.78, 5) is 25.6. The van der Waals surface area contributed by atoms with E-state index in [0.717, 1.165) is 0 Å². The van der Waals surface area contributed by atoms with Crippen molar-refractivity contribution in [2.45, 2.75) is 45.3 Å². The first-order chi connectivity index (χ1) is 16.1. The van der Waals surface area contributed by atoms with Crippen LogP contribution in [0.15, 0.2) is 18.2 Å². The average molecular weight is 552 g/mol. The van der Waals surface area contributed by atoms with E-state index < -0.39 is 57.5 Å². The van der Waals surface area contributed by atoms with Gasteiger partial charge in [-0.1, -0.05) is 0 Å². The maximum atomic E-state index is 12.5. The van der Waals surface area contributed by atoms with Crippen molar-refractivity contribution in [1.82, 2.24) is 14.5 Å². The summed E-state index contributed by atoms with van der Waals surface area (Å²) in [5, 5.41) is 0. The van der Waals surface area contributed by atoms with Crippen molar-refractivity contribution in [1.29, 1.82) is 0 Å². The van der Waals surface area contributed by atoms with Crippen molar-refractivity contribution in [3.05, 3.63) is 34.9 Å². The summed E-state index contributed by atoms with van der Waals surface area (Å²) in [7, 11) is -4.73. The van der Waals surface area contributed by atoms with Crippen LogP contribution in [0, 0.1) is 0 Å². The molecule has 0 atom stereocenters. The summed E-state index contributed by atoms with van der Waals surface area (Å²) in [6.07, 6.45) is -10.4. The summed E-state index contributed by atoms with van der Waals surface area (Å²) >= 11 is 0. The molecule has 1 aromatic carbocycles. The molecule has 0 aliphatic carbocycles. The highest BCUT2D eigenvalue weighted by Gasteiger charge is 2.37. The Morgan fingerprint density at radius 3 is 1.69 bits per heavy atom. The molecule has 3 amide bonds. The Bertz CT molecular complexity index is 1000. The van der Waals surface area contributed by atoms with Crippen molar-refractivity contribution in [2.75, 3.05) is 26.2 Å². The minimum atomic E-state index is -5.02. The number of primary amides is 1. The highest BCUT2D eigenvalue weighted by molar-refractivity contribution is 7.83. The Balaban J connectivity index is 0.000000369. The minimum Gasteiger partial charge on any atom is -0.444 e. The second kappa shape index (κ2) is 11.5. The van der Waals surface area contributed by atoms with Crippen LogP contribution in [0.25, 0.3) is 0 Å². The molecule has 1 saturated heterocycles. The zero-order valence-corrected chi connectivity index (χ0v) is 20.2. The van der Waals surface area contributed by atoms with Crippen LogP contribution >= 0.6 is 0 Å². The van der Waals surface area contributed by atoms with Gasteiger partial charge in [0.25, 0.3) is 0 Å². The second-order valence-electron chi connectivity index (χ2n) is 8.50. The van der Waals surface area contributed by atoms with Crippen molar-refractivity contribution in [2.24, 2.45) is 5.73 Å². The van der Waals surface area contributed by atoms with Crippen LogP contribution in [0.1, 0.15) is 37.5 Å². The maximum Gasteiger partial charge on any atom is 0.416 e. The van der Waals surface area contributed by atoms with E-state index in [0.29, 0.717) is 38.3 Å². The number of piperazine rings is 1. The SMILES string of the molecule is CC(C)(C)OC(=O)N1CCN(C(N)=O)CC1.O=S(=O)(O)NCc1cc(C(F)(F)F)cc(C(F)(F)F)c1. The molecular weight excluding hydrogens is 526 g/mol. The molecule has 1 fully saturated rings. The van der Waals surface area contributed by atoms with Gasteiger partial charge in [-0.15, -0.1) is 0 Å². The fourth-order valence-electron chi connectivity index (χ4n) is 2.73. The minimum absolute atomic E-state index is 0.0864. The summed E-state index contributed by atoms with van der Waals surface area (Å²) in [5.41, 5.74) is 0.922. The normalized spacial score (nSPS) is 15.2. The molecular formula is C19H26F6N4O6S. The Morgan fingerprint density at radius 1 is 0.944 bits per heavy atom. The number of carbonyl (C=O) groups excluding carboxylic acids is 2. The summed E-state index contributed by atoms with van der Waals surface area (Å²) < 4.78 is 110. The van der Waals surface area contributed by atoms with E-state index in [-0.39, 0.29) is 12.2 Å². The lowest BCUT2D eigenvalue weighted by Crippen LogP contribution is -2.52. The van der Waals surface area contributed by atoms with Crippen LogP contribution in [0.2, 0.25) is 0 Å². The molecule has 0 unspecified atom stereocenters. The van der Waals surface area contributed by atoms with E-state index in [1.165, 1.54) is 9.62 Å². The van der Waals surface area contributed by atoms with Gasteiger partial charge in [0.1, 0.15) is 5.60 Å². The number of nitrogens with zero attached hydrogens (tertiary/aromatic N) is 2. The second-order valence-corrected chi connectivity index (χ2v) is 9.74. The fraction of sp³-hybridized carbons (Fsp3) is 0.579. The topological polar surface area (TPSA) is 142 Å². The molecule has 1 heterocycles. The van der Waals surface area contributed by atoms with E-state index in [1.54, 1.807) is 4.90 Å². The Labute approximate surface area is 203 Å². The molecule has 206 valence electrons. The van der Waals surface area contributed by atoms with Crippen molar-refractivity contribution in [3.8, 4) is 0 Å². The summed E-state index contributed by atoms with van der Waals surface area (Å²) in [6, 6.07) is 0.182. The third-order valence-corrected chi connectivity index (χ3v) is 4.86. The Morgan fingerprint density at radius 2 is 1.36 bits per heavy atom. The summed E-state index contributed by atoms with van der Waals surface area (Å²) in [5.74, 6) is 0. The van der Waals surface area contributed by atoms with Gasteiger partial charge in [0, 0.05) is 32.7 Å². The molecule has 0 radical (unpaired) electrons. The first-order valence-corrected chi connectivity index (χ1v) is 11.6. The number of amides is 3. The molecule has 1 aliphatic heterocycles. The standard InChI is InChI=1S/C10H19N3O3.C9H7F6NO3S/c1-10(2,3)16-9(15)13-6-4-12(5-7-13)8(11)14;10-8(11,12)6-1-5(4-16-20(17,18)19)2-7(3-6)9(13,14)15/h4-7H2,1-3H3,(H2,11,14);1-3,16H,4H2,(H,17,18,19). The van der Waals surface area contributed by atoms with E-state index in [1.807, 2.05) is 20.8 Å². The number of ether oxygens (including phenoxy) is 1. The van der Waals surface area contributed by atoms with Crippen molar-refractivity contribution >= 4 is 22.4 Å². The lowest BCUT2D eigenvalue weighted by molar-refractivity contribution is -0.143. The molecule has 36 heavy (non-hydrogen) atoms. The Kier molecular flexibility index (Phi) is 9.99. The van der Waals surface area contributed by atoms with E-state index in [9.17, 15) is 44.3 Å². The smallest absolute Gasteiger partial charge is 0.416 e. The number of hydrogen-bond acceptors (Lipinski definition) is 5. The van der Waals surface area contributed by atoms with Crippen LogP contribution in [0.3, 0.4) is 0 Å². The van der Waals surface area contributed by atoms with Crippen molar-refractivity contribution in [3.63, 3.8) is 0 Å². The molecule has 0 aromatic heterocycles. The Hall–Kier alpha value is -2.79. The van der Waals surface area contributed by atoms with Crippen LogP contribution in [-0.4, -0.2) is 66.7 Å². The van der Waals surface area contributed by atoms with E-state index in [2.05, 4.69) is 0 Å². The van der Waals surface area contributed by atoms with Gasteiger partial charge in [0.05, 0.1) is 11.1 Å². The van der Waals surface area contributed by atoms with E-state index >= 15 is 0 Å². The number of alkyl halides is 6. The summed E-state index contributed by atoms with van der Waals surface area (Å²) in [6.45, 7) is 6.43. The number of nitrogens with two attached hydrogens (primary N) is 1. The molecule has 1 aliphatic rings. The van der Waals surface area contributed by atoms with Gasteiger partial charge in [0.15, 0.2) is 0 Å². The molecule has 1 aromatic rings. The van der Waals surface area contributed by atoms with Crippen molar-refractivity contribution < 1.29 is 53.6 Å². The van der Waals surface area contributed by atoms with Crippen LogP contribution in [0.4, 0.5) is 35.9 Å². The van der Waals surface area contributed by atoms with E-state index in [4.69, 9.17) is 15.0 Å². The van der Waals surface area contributed by atoms with Crippen LogP contribution in [0.5, 0.6) is 0 Å². The highest BCUT2D eigenvalue weighted by atomic mass is 32.2. The quantitative estimate of drug-likeness (QED) is 0.388.